The summed E-state index contributed by atoms with van der Waals surface area (Å²) in [7, 11) is 0. The van der Waals surface area contributed by atoms with Crippen LogP contribution in [0.5, 0.6) is 0 Å². The van der Waals surface area contributed by atoms with E-state index >= 15 is 0 Å². The molecule has 0 fully saturated rings. The van der Waals surface area contributed by atoms with E-state index in [1.165, 1.54) is 42.5 Å². The molecule has 4 aromatic carbocycles. The maximum atomic E-state index is 13.4. The molecular weight excluding hydrogens is 621 g/mol. The van der Waals surface area contributed by atoms with E-state index in [1.807, 2.05) is 0 Å². The lowest BCUT2D eigenvalue weighted by Gasteiger charge is -2.16. The SMILES string of the molecule is CCC(Sc1cccc(NC(=O)/C(=C\c2ccc([N+](=O)[O-])cc2)NC(=O)c2ccccc2)c1)C(=O)Nc1cccc(C(F)(F)F)c1. The van der Waals surface area contributed by atoms with Crippen LogP contribution in [0, 0.1) is 10.1 Å². The molecular formula is C33H27F3N4O5S. The average Bonchev–Trinajstić information content (AvgIpc) is 3.03. The van der Waals surface area contributed by atoms with Gasteiger partial charge in [-0.3, -0.25) is 24.5 Å². The number of thioether (sulfide) groups is 1. The predicted octanol–water partition coefficient (Wildman–Crippen LogP) is 7.53. The highest BCUT2D eigenvalue weighted by Crippen LogP contribution is 2.32. The molecule has 0 aliphatic heterocycles. The molecule has 0 radical (unpaired) electrons. The predicted molar refractivity (Wildman–Crippen MR) is 170 cm³/mol. The Morgan fingerprint density at radius 3 is 2.15 bits per heavy atom. The molecule has 0 spiro atoms. The van der Waals surface area contributed by atoms with Gasteiger partial charge in [-0.15, -0.1) is 11.8 Å². The number of non-ortho nitro benzene ring substituents is 1. The van der Waals surface area contributed by atoms with Gasteiger partial charge in [0.1, 0.15) is 5.70 Å². The fourth-order valence-corrected chi connectivity index (χ4v) is 5.14. The third kappa shape index (κ3) is 9.29. The van der Waals surface area contributed by atoms with Gasteiger partial charge >= 0.3 is 6.18 Å². The second kappa shape index (κ2) is 15.0. The highest BCUT2D eigenvalue weighted by atomic mass is 32.2. The summed E-state index contributed by atoms with van der Waals surface area (Å²) in [6.07, 6.45) is -2.81. The quantitative estimate of drug-likeness (QED) is 0.0667. The number of amides is 3. The maximum Gasteiger partial charge on any atom is 0.416 e. The van der Waals surface area contributed by atoms with E-state index < -0.39 is 39.6 Å². The summed E-state index contributed by atoms with van der Waals surface area (Å²) >= 11 is 1.16. The van der Waals surface area contributed by atoms with Crippen LogP contribution in [-0.2, 0) is 15.8 Å². The van der Waals surface area contributed by atoms with Crippen LogP contribution in [0.2, 0.25) is 0 Å². The maximum absolute atomic E-state index is 13.4. The van der Waals surface area contributed by atoms with Gasteiger partial charge in [0, 0.05) is 34.0 Å². The zero-order valence-electron chi connectivity index (χ0n) is 24.2. The van der Waals surface area contributed by atoms with E-state index in [9.17, 15) is 37.7 Å². The third-order valence-electron chi connectivity index (χ3n) is 6.43. The van der Waals surface area contributed by atoms with Gasteiger partial charge in [-0.2, -0.15) is 13.2 Å². The van der Waals surface area contributed by atoms with Crippen molar-refractivity contribution in [3.8, 4) is 0 Å². The Bertz CT molecular complexity index is 1760. The number of nitrogens with zero attached hydrogens (tertiary/aromatic N) is 1. The number of benzene rings is 4. The normalized spacial score (nSPS) is 12.1. The first-order valence-corrected chi connectivity index (χ1v) is 14.7. The van der Waals surface area contributed by atoms with Crippen molar-refractivity contribution < 1.29 is 32.5 Å². The minimum absolute atomic E-state index is 0.0183. The molecule has 4 aromatic rings. The Morgan fingerprint density at radius 1 is 0.870 bits per heavy atom. The topological polar surface area (TPSA) is 130 Å². The van der Waals surface area contributed by atoms with Gasteiger partial charge in [-0.05, 0) is 78.7 Å². The van der Waals surface area contributed by atoms with Gasteiger partial charge in [0.25, 0.3) is 17.5 Å². The molecule has 0 saturated carbocycles. The van der Waals surface area contributed by atoms with Gasteiger partial charge < -0.3 is 16.0 Å². The number of nitro groups is 1. The first-order valence-electron chi connectivity index (χ1n) is 13.8. The highest BCUT2D eigenvalue weighted by molar-refractivity contribution is 8.00. The molecule has 4 rings (SSSR count). The van der Waals surface area contributed by atoms with E-state index in [-0.39, 0.29) is 17.1 Å². The number of halogens is 3. The van der Waals surface area contributed by atoms with E-state index in [2.05, 4.69) is 16.0 Å². The standard InChI is InChI=1S/C33H27F3N4O5S/c1-2-29(32(43)38-24-11-6-10-23(19-24)33(34,35)36)46-27-13-7-12-25(20-27)37-31(42)28(39-30(41)22-8-4-3-5-9-22)18-21-14-16-26(17-15-21)40(44)45/h3-20,29H,2H2,1H3,(H,37,42)(H,38,43)(H,39,41)/b28-18+. The molecule has 0 bridgehead atoms. The Hall–Kier alpha value is -5.43. The second-order valence-electron chi connectivity index (χ2n) is 9.79. The number of carbonyl (C=O) groups excluding carboxylic acids is 3. The Labute approximate surface area is 266 Å². The van der Waals surface area contributed by atoms with Gasteiger partial charge in [-0.25, -0.2) is 0 Å². The van der Waals surface area contributed by atoms with Crippen molar-refractivity contribution in [2.24, 2.45) is 0 Å². The number of hydrogen-bond acceptors (Lipinski definition) is 6. The molecule has 9 nitrogen and oxygen atoms in total. The molecule has 3 N–H and O–H groups in total. The number of anilines is 2. The molecule has 13 heteroatoms. The Kier molecular flexibility index (Phi) is 10.9. The van der Waals surface area contributed by atoms with Crippen LogP contribution in [-0.4, -0.2) is 27.9 Å². The van der Waals surface area contributed by atoms with Gasteiger partial charge in [0.15, 0.2) is 0 Å². The van der Waals surface area contributed by atoms with Crippen molar-refractivity contribution in [3.63, 3.8) is 0 Å². The molecule has 236 valence electrons. The summed E-state index contributed by atoms with van der Waals surface area (Å²) in [4.78, 5) is 50.3. The lowest BCUT2D eigenvalue weighted by atomic mass is 10.1. The van der Waals surface area contributed by atoms with Gasteiger partial charge in [0.2, 0.25) is 5.91 Å². The summed E-state index contributed by atoms with van der Waals surface area (Å²) in [5, 5.41) is 18.2. The van der Waals surface area contributed by atoms with Gasteiger partial charge in [-0.1, -0.05) is 37.3 Å². The molecule has 0 saturated heterocycles. The molecule has 3 amide bonds. The molecule has 0 aromatic heterocycles. The lowest BCUT2D eigenvalue weighted by molar-refractivity contribution is -0.384. The summed E-state index contributed by atoms with van der Waals surface area (Å²) in [6, 6.07) is 24.6. The minimum atomic E-state index is -4.55. The number of carbonyl (C=O) groups is 3. The zero-order chi connectivity index (χ0) is 33.3. The number of rotatable bonds is 11. The first kappa shape index (κ1) is 33.5. The number of hydrogen-bond donors (Lipinski definition) is 3. The zero-order valence-corrected chi connectivity index (χ0v) is 25.0. The van der Waals surface area contributed by atoms with E-state index in [1.54, 1.807) is 61.5 Å². The van der Waals surface area contributed by atoms with Crippen LogP contribution in [0.1, 0.15) is 34.8 Å². The number of nitro benzene ring substituents is 1. The van der Waals surface area contributed by atoms with Crippen molar-refractivity contribution in [2.75, 3.05) is 10.6 Å². The van der Waals surface area contributed by atoms with Crippen molar-refractivity contribution in [2.45, 2.75) is 29.7 Å². The summed E-state index contributed by atoms with van der Waals surface area (Å²) < 4.78 is 39.3. The smallest absolute Gasteiger partial charge is 0.325 e. The molecule has 1 unspecified atom stereocenters. The Morgan fingerprint density at radius 2 is 1.52 bits per heavy atom. The number of nitrogens with one attached hydrogen (secondary N) is 3. The molecule has 1 atom stereocenters. The second-order valence-corrected chi connectivity index (χ2v) is 11.1. The van der Waals surface area contributed by atoms with Crippen LogP contribution >= 0.6 is 11.8 Å². The molecule has 0 aliphatic rings. The van der Waals surface area contributed by atoms with E-state index in [0.717, 1.165) is 23.9 Å². The summed E-state index contributed by atoms with van der Waals surface area (Å²) in [5.74, 6) is -1.72. The van der Waals surface area contributed by atoms with Crippen LogP contribution in [0.4, 0.5) is 30.2 Å². The molecule has 0 aliphatic carbocycles. The molecule has 46 heavy (non-hydrogen) atoms. The minimum Gasteiger partial charge on any atom is -0.325 e. The van der Waals surface area contributed by atoms with Crippen molar-refractivity contribution in [3.05, 3.63) is 136 Å². The highest BCUT2D eigenvalue weighted by Gasteiger charge is 2.30. The van der Waals surface area contributed by atoms with Crippen LogP contribution in [0.15, 0.2) is 114 Å². The summed E-state index contributed by atoms with van der Waals surface area (Å²) in [5.41, 5.74) is -0.0662. The molecule has 0 heterocycles. The van der Waals surface area contributed by atoms with Crippen molar-refractivity contribution >= 4 is 52.6 Å². The van der Waals surface area contributed by atoms with Gasteiger partial charge in [0.05, 0.1) is 15.7 Å². The number of alkyl halides is 3. The largest absolute Gasteiger partial charge is 0.416 e. The fourth-order valence-electron chi connectivity index (χ4n) is 4.13. The Balaban J connectivity index is 1.50. The van der Waals surface area contributed by atoms with Crippen LogP contribution in [0.3, 0.4) is 0 Å². The third-order valence-corrected chi connectivity index (χ3v) is 7.79. The van der Waals surface area contributed by atoms with Crippen molar-refractivity contribution in [1.29, 1.82) is 0 Å². The summed E-state index contributed by atoms with van der Waals surface area (Å²) in [6.45, 7) is 1.76. The van der Waals surface area contributed by atoms with Crippen molar-refractivity contribution in [1.82, 2.24) is 5.32 Å². The van der Waals surface area contributed by atoms with Crippen LogP contribution in [0.25, 0.3) is 6.08 Å². The van der Waals surface area contributed by atoms with E-state index in [4.69, 9.17) is 0 Å². The average molecular weight is 649 g/mol. The van der Waals surface area contributed by atoms with E-state index in [0.29, 0.717) is 28.1 Å². The van der Waals surface area contributed by atoms with Crippen LogP contribution < -0.4 is 16.0 Å². The lowest BCUT2D eigenvalue weighted by Crippen LogP contribution is -2.30. The monoisotopic (exact) mass is 648 g/mol. The first-order chi connectivity index (χ1) is 21.9. The fraction of sp³-hybridized carbons (Fsp3) is 0.121.